The van der Waals surface area contributed by atoms with Gasteiger partial charge in [-0.1, -0.05) is 31.2 Å². The second kappa shape index (κ2) is 9.87. The Balaban J connectivity index is 0.00000264. The quantitative estimate of drug-likeness (QED) is 0.817. The summed E-state index contributed by atoms with van der Waals surface area (Å²) in [6, 6.07) is 15.4. The number of amides is 1. The number of aryl methyl sites for hydroxylation is 1. The minimum Gasteiger partial charge on any atom is -0.492 e. The molecular weight excluding hydrogens is 312 g/mol. The van der Waals surface area contributed by atoms with Crippen molar-refractivity contribution in [3.63, 3.8) is 0 Å². The number of halogens is 1. The maximum absolute atomic E-state index is 12.0. The molecule has 0 aliphatic carbocycles. The molecule has 0 aliphatic heterocycles. The Hall–Kier alpha value is -2.04. The number of nitrogens with two attached hydrogens (primary N) is 1. The van der Waals surface area contributed by atoms with E-state index < -0.39 is 0 Å². The van der Waals surface area contributed by atoms with Crippen LogP contribution in [-0.2, 0) is 17.6 Å². The monoisotopic (exact) mass is 334 g/mol. The summed E-state index contributed by atoms with van der Waals surface area (Å²) in [4.78, 5) is 12.0. The first kappa shape index (κ1) is 19.0. The third-order valence-corrected chi connectivity index (χ3v) is 3.32. The molecule has 0 heterocycles. The molecule has 0 unspecified atom stereocenters. The largest absolute Gasteiger partial charge is 0.492 e. The number of anilines is 1. The van der Waals surface area contributed by atoms with E-state index in [2.05, 4.69) is 24.4 Å². The Labute approximate surface area is 143 Å². The first-order chi connectivity index (χ1) is 10.7. The Morgan fingerprint density at radius 2 is 1.65 bits per heavy atom. The van der Waals surface area contributed by atoms with Gasteiger partial charge in [0.05, 0.1) is 6.42 Å². The lowest BCUT2D eigenvalue weighted by molar-refractivity contribution is -0.115. The molecule has 5 heteroatoms. The number of nitrogens with one attached hydrogen (secondary N) is 1. The van der Waals surface area contributed by atoms with Gasteiger partial charge in [-0.25, -0.2) is 0 Å². The van der Waals surface area contributed by atoms with Gasteiger partial charge < -0.3 is 15.8 Å². The zero-order valence-electron chi connectivity index (χ0n) is 13.2. The first-order valence-electron chi connectivity index (χ1n) is 7.52. The second-order valence-corrected chi connectivity index (χ2v) is 5.06. The van der Waals surface area contributed by atoms with Gasteiger partial charge >= 0.3 is 0 Å². The molecule has 4 nitrogen and oxygen atoms in total. The fourth-order valence-electron chi connectivity index (χ4n) is 2.09. The number of hydrogen-bond donors (Lipinski definition) is 2. The van der Waals surface area contributed by atoms with Crippen LogP contribution < -0.4 is 15.8 Å². The van der Waals surface area contributed by atoms with Gasteiger partial charge in [-0.2, -0.15) is 0 Å². The van der Waals surface area contributed by atoms with E-state index >= 15 is 0 Å². The van der Waals surface area contributed by atoms with Gasteiger partial charge in [0.1, 0.15) is 12.4 Å². The molecule has 0 atom stereocenters. The summed E-state index contributed by atoms with van der Waals surface area (Å²) in [6.07, 6.45) is 1.38. The molecule has 0 saturated carbocycles. The number of carbonyl (C=O) groups excluding carboxylic acids is 1. The lowest BCUT2D eigenvalue weighted by atomic mass is 10.1. The average molecular weight is 335 g/mol. The highest BCUT2D eigenvalue weighted by Gasteiger charge is 2.04. The SMILES string of the molecule is CCc1ccc(CC(=O)Nc2ccc(OCCN)cc2)cc1.Cl. The van der Waals surface area contributed by atoms with Gasteiger partial charge in [-0.3, -0.25) is 4.79 Å². The van der Waals surface area contributed by atoms with Crippen molar-refractivity contribution in [3.8, 4) is 5.75 Å². The molecule has 1 amide bonds. The third kappa shape index (κ3) is 6.30. The van der Waals surface area contributed by atoms with Crippen LogP contribution in [0.2, 0.25) is 0 Å². The summed E-state index contributed by atoms with van der Waals surface area (Å²) in [7, 11) is 0. The molecule has 124 valence electrons. The molecule has 2 aromatic rings. The smallest absolute Gasteiger partial charge is 0.228 e. The maximum Gasteiger partial charge on any atom is 0.228 e. The van der Waals surface area contributed by atoms with Crippen LogP contribution in [0.5, 0.6) is 5.75 Å². The minimum absolute atomic E-state index is 0. The predicted molar refractivity (Wildman–Crippen MR) is 96.4 cm³/mol. The molecule has 0 fully saturated rings. The molecule has 0 saturated heterocycles. The highest BCUT2D eigenvalue weighted by atomic mass is 35.5. The van der Waals surface area contributed by atoms with Crippen LogP contribution in [0.3, 0.4) is 0 Å². The van der Waals surface area contributed by atoms with Gasteiger partial charge in [-0.05, 0) is 41.8 Å². The summed E-state index contributed by atoms with van der Waals surface area (Å²) < 4.78 is 5.39. The van der Waals surface area contributed by atoms with Crippen molar-refractivity contribution in [1.82, 2.24) is 0 Å². The lowest BCUT2D eigenvalue weighted by Gasteiger charge is -2.08. The Kier molecular flexibility index (Phi) is 8.16. The van der Waals surface area contributed by atoms with Crippen LogP contribution in [0.4, 0.5) is 5.69 Å². The number of hydrogen-bond acceptors (Lipinski definition) is 3. The van der Waals surface area contributed by atoms with Crippen LogP contribution >= 0.6 is 12.4 Å². The topological polar surface area (TPSA) is 64.3 Å². The third-order valence-electron chi connectivity index (χ3n) is 3.32. The van der Waals surface area contributed by atoms with E-state index in [1.54, 1.807) is 0 Å². The van der Waals surface area contributed by atoms with E-state index in [1.807, 2.05) is 36.4 Å². The van der Waals surface area contributed by atoms with E-state index in [0.29, 0.717) is 19.6 Å². The van der Waals surface area contributed by atoms with Crippen molar-refractivity contribution in [2.24, 2.45) is 5.73 Å². The average Bonchev–Trinajstić information content (AvgIpc) is 2.55. The molecule has 2 aromatic carbocycles. The molecule has 0 aliphatic rings. The number of benzene rings is 2. The zero-order chi connectivity index (χ0) is 15.8. The molecule has 0 radical (unpaired) electrons. The number of rotatable bonds is 7. The molecule has 2 rings (SSSR count). The van der Waals surface area contributed by atoms with Crippen molar-refractivity contribution in [1.29, 1.82) is 0 Å². The molecular formula is C18H23ClN2O2. The number of ether oxygens (including phenoxy) is 1. The summed E-state index contributed by atoms with van der Waals surface area (Å²) >= 11 is 0. The van der Waals surface area contributed by atoms with Crippen LogP contribution in [-0.4, -0.2) is 19.1 Å². The summed E-state index contributed by atoms with van der Waals surface area (Å²) in [5.74, 6) is 0.721. The van der Waals surface area contributed by atoms with E-state index in [9.17, 15) is 4.79 Å². The zero-order valence-corrected chi connectivity index (χ0v) is 14.1. The molecule has 23 heavy (non-hydrogen) atoms. The van der Waals surface area contributed by atoms with Crippen LogP contribution in [0.25, 0.3) is 0 Å². The van der Waals surface area contributed by atoms with E-state index in [0.717, 1.165) is 23.4 Å². The highest BCUT2D eigenvalue weighted by molar-refractivity contribution is 5.92. The van der Waals surface area contributed by atoms with Crippen LogP contribution in [0, 0.1) is 0 Å². The van der Waals surface area contributed by atoms with Crippen LogP contribution in [0.15, 0.2) is 48.5 Å². The van der Waals surface area contributed by atoms with Gasteiger partial charge in [0.2, 0.25) is 5.91 Å². The van der Waals surface area contributed by atoms with Crippen molar-refractivity contribution >= 4 is 24.0 Å². The van der Waals surface area contributed by atoms with Gasteiger partial charge in [-0.15, -0.1) is 12.4 Å². The normalized spacial score (nSPS) is 9.83. The molecule has 0 aromatic heterocycles. The van der Waals surface area contributed by atoms with E-state index in [4.69, 9.17) is 10.5 Å². The van der Waals surface area contributed by atoms with E-state index in [1.165, 1.54) is 5.56 Å². The van der Waals surface area contributed by atoms with Gasteiger partial charge in [0.15, 0.2) is 0 Å². The number of carbonyl (C=O) groups is 1. The van der Waals surface area contributed by atoms with Gasteiger partial charge in [0.25, 0.3) is 0 Å². The minimum atomic E-state index is -0.0279. The fraction of sp³-hybridized carbons (Fsp3) is 0.278. The fourth-order valence-corrected chi connectivity index (χ4v) is 2.09. The maximum atomic E-state index is 12.0. The Morgan fingerprint density at radius 1 is 1.04 bits per heavy atom. The molecule has 0 spiro atoms. The molecule has 3 N–H and O–H groups in total. The Morgan fingerprint density at radius 3 is 2.22 bits per heavy atom. The van der Waals surface area contributed by atoms with Gasteiger partial charge in [0, 0.05) is 12.2 Å². The molecule has 0 bridgehead atoms. The Bertz CT molecular complexity index is 597. The highest BCUT2D eigenvalue weighted by Crippen LogP contribution is 2.16. The van der Waals surface area contributed by atoms with Crippen molar-refractivity contribution < 1.29 is 9.53 Å². The van der Waals surface area contributed by atoms with E-state index in [-0.39, 0.29) is 18.3 Å². The second-order valence-electron chi connectivity index (χ2n) is 5.06. The summed E-state index contributed by atoms with van der Waals surface area (Å²) in [5, 5.41) is 2.88. The lowest BCUT2D eigenvalue weighted by Crippen LogP contribution is -2.14. The van der Waals surface area contributed by atoms with Crippen molar-refractivity contribution in [3.05, 3.63) is 59.7 Å². The summed E-state index contributed by atoms with van der Waals surface area (Å²) in [6.45, 7) is 3.08. The summed E-state index contributed by atoms with van der Waals surface area (Å²) in [5.41, 5.74) is 8.43. The van der Waals surface area contributed by atoms with Crippen molar-refractivity contribution in [2.75, 3.05) is 18.5 Å². The first-order valence-corrected chi connectivity index (χ1v) is 7.52. The van der Waals surface area contributed by atoms with Crippen LogP contribution in [0.1, 0.15) is 18.1 Å². The van der Waals surface area contributed by atoms with Crippen molar-refractivity contribution in [2.45, 2.75) is 19.8 Å². The predicted octanol–water partition coefficient (Wildman–Crippen LogP) is 3.19. The standard InChI is InChI=1S/C18H22N2O2.ClH/c1-2-14-3-5-15(6-4-14)13-18(21)20-16-7-9-17(10-8-16)22-12-11-19;/h3-10H,2,11-13,19H2,1H3,(H,20,21);1H.